The minimum atomic E-state index is -4.07. The van der Waals surface area contributed by atoms with Crippen molar-refractivity contribution in [2.75, 3.05) is 13.7 Å². The van der Waals surface area contributed by atoms with E-state index in [1.54, 1.807) is 43.3 Å². The van der Waals surface area contributed by atoms with Crippen molar-refractivity contribution in [1.82, 2.24) is 4.90 Å². The third kappa shape index (κ3) is 4.23. The summed E-state index contributed by atoms with van der Waals surface area (Å²) in [4.78, 5) is 28.5. The van der Waals surface area contributed by atoms with Crippen LogP contribution in [-0.4, -0.2) is 38.5 Å². The number of hydrogen-bond acceptors (Lipinski definition) is 7. The lowest BCUT2D eigenvalue weighted by Crippen LogP contribution is -2.37. The zero-order valence-electron chi connectivity index (χ0n) is 20.5. The van der Waals surface area contributed by atoms with E-state index in [9.17, 15) is 18.0 Å². The zero-order valence-corrected chi connectivity index (χ0v) is 21.3. The first-order chi connectivity index (χ1) is 17.3. The molecule has 0 spiro atoms. The molecule has 0 N–H and O–H groups in total. The quantitative estimate of drug-likeness (QED) is 0.514. The Hall–Kier alpha value is -3.39. The van der Waals surface area contributed by atoms with Crippen LogP contribution in [0, 0.1) is 0 Å². The molecule has 2 aromatic carbocycles. The fourth-order valence-corrected chi connectivity index (χ4v) is 6.44. The Balaban J connectivity index is 1.61. The zero-order chi connectivity index (χ0) is 25.4. The van der Waals surface area contributed by atoms with Gasteiger partial charge in [-0.1, -0.05) is 24.3 Å². The molecule has 0 atom stereocenters. The smallest absolute Gasteiger partial charge is 0.339 e. The van der Waals surface area contributed by atoms with Crippen LogP contribution in [0.5, 0.6) is 11.5 Å². The fourth-order valence-electron chi connectivity index (χ4n) is 5.48. The summed E-state index contributed by atoms with van der Waals surface area (Å²) in [7, 11) is -2.11. The number of carbonyl (C=O) groups excluding carboxylic acids is 2. The summed E-state index contributed by atoms with van der Waals surface area (Å²) in [5, 5.41) is 0. The number of Topliss-reactive ketones (excluding diaryl/α,β-unsaturated/α-hetero) is 2. The molecule has 8 heteroatoms. The maximum absolute atomic E-state index is 13.2. The molecule has 7 nitrogen and oxygen atoms in total. The monoisotopic (exact) mass is 507 g/mol. The number of carbonyl (C=O) groups is 2. The third-order valence-corrected chi connectivity index (χ3v) is 8.33. The van der Waals surface area contributed by atoms with E-state index in [0.29, 0.717) is 30.6 Å². The number of benzene rings is 2. The van der Waals surface area contributed by atoms with Crippen LogP contribution in [-0.2, 0) is 19.7 Å². The summed E-state index contributed by atoms with van der Waals surface area (Å²) in [6.07, 6.45) is 4.06. The predicted octanol–water partition coefficient (Wildman–Crippen LogP) is 4.90. The number of allylic oxidation sites excluding steroid dienone is 4. The van der Waals surface area contributed by atoms with Gasteiger partial charge in [0.1, 0.15) is 4.90 Å². The molecule has 36 heavy (non-hydrogen) atoms. The van der Waals surface area contributed by atoms with Gasteiger partial charge in [-0.05, 0) is 62.4 Å². The highest BCUT2D eigenvalue weighted by molar-refractivity contribution is 7.87. The van der Waals surface area contributed by atoms with Crippen LogP contribution in [0.1, 0.15) is 56.9 Å². The lowest BCUT2D eigenvalue weighted by Gasteiger charge is -2.42. The topological polar surface area (TPSA) is 90.0 Å². The minimum absolute atomic E-state index is 0.0389. The Bertz CT molecular complexity index is 1350. The highest BCUT2D eigenvalue weighted by atomic mass is 32.2. The molecular weight excluding hydrogens is 478 g/mol. The third-order valence-electron chi connectivity index (χ3n) is 7.08. The SMILES string of the molecule is CCOc1cc(C2C3=C(CCCC3=O)N(C)C3=C2C(=O)CCC3)ccc1OS(=O)(=O)c1ccccc1. The van der Waals surface area contributed by atoms with Gasteiger partial charge in [0.05, 0.1) is 6.61 Å². The van der Waals surface area contributed by atoms with Crippen molar-refractivity contribution in [2.24, 2.45) is 0 Å². The average Bonchev–Trinajstić information content (AvgIpc) is 2.87. The molecule has 1 heterocycles. The molecule has 0 saturated carbocycles. The molecule has 3 aliphatic rings. The van der Waals surface area contributed by atoms with Gasteiger partial charge in [0, 0.05) is 48.3 Å². The normalized spacial score (nSPS) is 18.8. The van der Waals surface area contributed by atoms with Crippen molar-refractivity contribution in [2.45, 2.75) is 56.3 Å². The number of hydrogen-bond donors (Lipinski definition) is 0. The highest BCUT2D eigenvalue weighted by Gasteiger charge is 2.42. The predicted molar refractivity (Wildman–Crippen MR) is 134 cm³/mol. The van der Waals surface area contributed by atoms with Gasteiger partial charge in [-0.15, -0.1) is 0 Å². The van der Waals surface area contributed by atoms with Crippen LogP contribution in [0.2, 0.25) is 0 Å². The summed E-state index contributed by atoms with van der Waals surface area (Å²) in [5.74, 6) is -0.0632. The summed E-state index contributed by atoms with van der Waals surface area (Å²) in [6.45, 7) is 2.09. The molecule has 0 amide bonds. The maximum Gasteiger partial charge on any atom is 0.339 e. The van der Waals surface area contributed by atoms with E-state index >= 15 is 0 Å². The lowest BCUT2D eigenvalue weighted by atomic mass is 9.71. The van der Waals surface area contributed by atoms with E-state index in [1.807, 2.05) is 7.05 Å². The Labute approximate surface area is 211 Å². The van der Waals surface area contributed by atoms with Gasteiger partial charge in [-0.2, -0.15) is 8.42 Å². The first-order valence-corrected chi connectivity index (χ1v) is 13.7. The van der Waals surface area contributed by atoms with Gasteiger partial charge in [0.2, 0.25) is 0 Å². The Morgan fingerprint density at radius 1 is 0.861 bits per heavy atom. The van der Waals surface area contributed by atoms with E-state index in [1.165, 1.54) is 12.1 Å². The molecule has 0 saturated heterocycles. The molecule has 0 bridgehead atoms. The van der Waals surface area contributed by atoms with Crippen LogP contribution in [0.25, 0.3) is 0 Å². The van der Waals surface area contributed by atoms with Gasteiger partial charge in [-0.25, -0.2) is 0 Å². The van der Waals surface area contributed by atoms with Gasteiger partial charge < -0.3 is 13.8 Å². The van der Waals surface area contributed by atoms with E-state index < -0.39 is 16.0 Å². The van der Waals surface area contributed by atoms with Gasteiger partial charge in [0.15, 0.2) is 23.1 Å². The Morgan fingerprint density at radius 3 is 2.06 bits per heavy atom. The van der Waals surface area contributed by atoms with Crippen molar-refractivity contribution in [1.29, 1.82) is 0 Å². The second kappa shape index (κ2) is 9.58. The van der Waals surface area contributed by atoms with Gasteiger partial charge >= 0.3 is 10.1 Å². The van der Waals surface area contributed by atoms with Crippen LogP contribution >= 0.6 is 0 Å². The van der Waals surface area contributed by atoms with Crippen molar-refractivity contribution in [3.8, 4) is 11.5 Å². The first kappa shape index (κ1) is 24.3. The van der Waals surface area contributed by atoms with Crippen molar-refractivity contribution in [3.05, 3.63) is 76.6 Å². The Morgan fingerprint density at radius 2 is 1.47 bits per heavy atom. The Kier molecular flexibility index (Phi) is 6.47. The largest absolute Gasteiger partial charge is 0.490 e. The molecule has 0 fully saturated rings. The molecule has 0 unspecified atom stereocenters. The maximum atomic E-state index is 13.2. The van der Waals surface area contributed by atoms with Gasteiger partial charge in [0.25, 0.3) is 0 Å². The molecule has 0 aromatic heterocycles. The molecule has 2 aromatic rings. The number of rotatable bonds is 6. The van der Waals surface area contributed by atoms with Gasteiger partial charge in [-0.3, -0.25) is 9.59 Å². The summed E-state index contributed by atoms with van der Waals surface area (Å²) < 4.78 is 37.0. The average molecular weight is 508 g/mol. The number of ketones is 2. The van der Waals surface area contributed by atoms with Crippen molar-refractivity contribution < 1.29 is 26.9 Å². The molecule has 5 rings (SSSR count). The van der Waals surface area contributed by atoms with Crippen molar-refractivity contribution in [3.63, 3.8) is 0 Å². The summed E-state index contributed by atoms with van der Waals surface area (Å²) in [6, 6.07) is 12.9. The van der Waals surface area contributed by atoms with Crippen LogP contribution in [0.3, 0.4) is 0 Å². The number of ether oxygens (including phenoxy) is 1. The standard InChI is InChI=1S/C28H29NO6S/c1-3-34-25-17-18(15-16-24(25)35-36(32,33)19-9-5-4-6-10-19)26-27-20(11-7-13-22(27)30)29(2)21-12-8-14-23(31)28(21)26/h4-6,9-10,15-17,26H,3,7-8,11-14H2,1-2H3. The van der Waals surface area contributed by atoms with Crippen LogP contribution < -0.4 is 8.92 Å². The van der Waals surface area contributed by atoms with E-state index in [-0.39, 0.29) is 28.0 Å². The van der Waals surface area contributed by atoms with Crippen molar-refractivity contribution >= 4 is 21.7 Å². The lowest BCUT2D eigenvalue weighted by molar-refractivity contribution is -0.117. The molecule has 0 radical (unpaired) electrons. The molecular formula is C28H29NO6S. The highest BCUT2D eigenvalue weighted by Crippen LogP contribution is 2.49. The first-order valence-electron chi connectivity index (χ1n) is 12.3. The fraction of sp³-hybridized carbons (Fsp3) is 0.357. The summed E-state index contributed by atoms with van der Waals surface area (Å²) >= 11 is 0. The number of nitrogens with zero attached hydrogens (tertiary/aromatic N) is 1. The van der Waals surface area contributed by atoms with E-state index in [4.69, 9.17) is 8.92 Å². The van der Waals surface area contributed by atoms with E-state index in [2.05, 4.69) is 4.90 Å². The second-order valence-corrected chi connectivity index (χ2v) is 10.8. The molecule has 1 aliphatic heterocycles. The second-order valence-electron chi connectivity index (χ2n) is 9.26. The van der Waals surface area contributed by atoms with E-state index in [0.717, 1.165) is 42.6 Å². The summed E-state index contributed by atoms with van der Waals surface area (Å²) in [5.41, 5.74) is 4.03. The minimum Gasteiger partial charge on any atom is -0.490 e. The molecule has 2 aliphatic carbocycles. The van der Waals surface area contributed by atoms with Crippen LogP contribution in [0.15, 0.2) is 76.0 Å². The molecule has 188 valence electrons. The van der Waals surface area contributed by atoms with Crippen LogP contribution in [0.4, 0.5) is 0 Å².